The number of halogens is 4. The predicted molar refractivity (Wildman–Crippen MR) is 81.9 cm³/mol. The van der Waals surface area contributed by atoms with Crippen LogP contribution in [0.25, 0.3) is 0 Å². The summed E-state index contributed by atoms with van der Waals surface area (Å²) >= 11 is 6.06. The molecular formula is C16H17ClF3NO3. The number of aliphatic carboxylic acids is 1. The van der Waals surface area contributed by atoms with Crippen molar-refractivity contribution in [3.8, 4) is 0 Å². The van der Waals surface area contributed by atoms with Crippen molar-refractivity contribution in [3.05, 3.63) is 34.3 Å². The highest BCUT2D eigenvalue weighted by Crippen LogP contribution is 2.52. The van der Waals surface area contributed by atoms with E-state index in [0.29, 0.717) is 12.8 Å². The first-order chi connectivity index (χ1) is 11.1. The molecule has 0 spiro atoms. The van der Waals surface area contributed by atoms with Crippen LogP contribution >= 0.6 is 11.6 Å². The number of rotatable bonds is 6. The van der Waals surface area contributed by atoms with E-state index in [0.717, 1.165) is 18.2 Å². The SMILES string of the molecule is CCN(CCC(=O)O)C(=O)C1(c2cc(C(F)(F)F)ccc2Cl)CC1. The Balaban J connectivity index is 2.33. The number of nitrogens with zero attached hydrogens (tertiary/aromatic N) is 1. The lowest BCUT2D eigenvalue weighted by molar-refractivity contribution is -0.140. The van der Waals surface area contributed by atoms with Crippen molar-refractivity contribution in [2.24, 2.45) is 0 Å². The fourth-order valence-electron chi connectivity index (χ4n) is 2.73. The van der Waals surface area contributed by atoms with Crippen LogP contribution in [0.3, 0.4) is 0 Å². The third kappa shape index (κ3) is 3.66. The van der Waals surface area contributed by atoms with Gasteiger partial charge in [0.1, 0.15) is 0 Å². The van der Waals surface area contributed by atoms with Crippen LogP contribution < -0.4 is 0 Å². The molecule has 1 fully saturated rings. The van der Waals surface area contributed by atoms with Crippen molar-refractivity contribution in [2.45, 2.75) is 37.8 Å². The number of amides is 1. The van der Waals surface area contributed by atoms with E-state index in [4.69, 9.17) is 16.7 Å². The molecule has 8 heteroatoms. The Kier molecular flexibility index (Phi) is 5.13. The number of benzene rings is 1. The molecule has 1 N–H and O–H groups in total. The van der Waals surface area contributed by atoms with Gasteiger partial charge in [0.15, 0.2) is 0 Å². The second-order valence-electron chi connectivity index (χ2n) is 5.80. The molecule has 1 saturated carbocycles. The molecule has 2 rings (SSSR count). The number of carboxylic acid groups (broad SMARTS) is 1. The summed E-state index contributed by atoms with van der Waals surface area (Å²) in [5.74, 6) is -1.41. The van der Waals surface area contributed by atoms with Crippen LogP contribution in [-0.2, 0) is 21.2 Å². The minimum absolute atomic E-state index is 0.0169. The number of likely N-dealkylation sites (N-methyl/N-ethyl adjacent to an activating group) is 1. The summed E-state index contributed by atoms with van der Waals surface area (Å²) in [6.45, 7) is 2.00. The summed E-state index contributed by atoms with van der Waals surface area (Å²) in [6.07, 6.45) is -3.94. The van der Waals surface area contributed by atoms with E-state index in [1.165, 1.54) is 4.90 Å². The van der Waals surface area contributed by atoms with Crippen molar-refractivity contribution in [2.75, 3.05) is 13.1 Å². The third-order valence-corrected chi connectivity index (χ3v) is 4.56. The van der Waals surface area contributed by atoms with Gasteiger partial charge in [-0.15, -0.1) is 0 Å². The van der Waals surface area contributed by atoms with Crippen LogP contribution in [0.2, 0.25) is 5.02 Å². The van der Waals surface area contributed by atoms with Gasteiger partial charge in [-0.3, -0.25) is 9.59 Å². The summed E-state index contributed by atoms with van der Waals surface area (Å²) < 4.78 is 38.8. The number of alkyl halides is 3. The van der Waals surface area contributed by atoms with Crippen LogP contribution in [0.5, 0.6) is 0 Å². The normalized spacial score (nSPS) is 15.9. The van der Waals surface area contributed by atoms with Gasteiger partial charge in [-0.05, 0) is 43.5 Å². The highest BCUT2D eigenvalue weighted by Gasteiger charge is 2.54. The Hall–Kier alpha value is -1.76. The summed E-state index contributed by atoms with van der Waals surface area (Å²) in [4.78, 5) is 24.8. The van der Waals surface area contributed by atoms with E-state index in [9.17, 15) is 22.8 Å². The van der Waals surface area contributed by atoms with Crippen molar-refractivity contribution in [1.29, 1.82) is 0 Å². The summed E-state index contributed by atoms with van der Waals surface area (Å²) in [5, 5.41) is 8.88. The molecule has 0 unspecified atom stereocenters. The van der Waals surface area contributed by atoms with E-state index >= 15 is 0 Å². The molecule has 1 amide bonds. The molecule has 132 valence electrons. The molecular weight excluding hydrogens is 347 g/mol. The highest BCUT2D eigenvalue weighted by molar-refractivity contribution is 6.32. The Morgan fingerprint density at radius 1 is 1.33 bits per heavy atom. The molecule has 0 bridgehead atoms. The Morgan fingerprint density at radius 3 is 2.42 bits per heavy atom. The van der Waals surface area contributed by atoms with E-state index in [-0.39, 0.29) is 36.0 Å². The average Bonchev–Trinajstić information content (AvgIpc) is 3.28. The van der Waals surface area contributed by atoms with Crippen molar-refractivity contribution in [1.82, 2.24) is 4.90 Å². The quantitative estimate of drug-likeness (QED) is 0.838. The van der Waals surface area contributed by atoms with Gasteiger partial charge in [0.2, 0.25) is 5.91 Å². The molecule has 0 atom stereocenters. The van der Waals surface area contributed by atoms with Gasteiger partial charge in [0.05, 0.1) is 17.4 Å². The molecule has 0 saturated heterocycles. The second-order valence-corrected chi connectivity index (χ2v) is 6.21. The predicted octanol–water partition coefficient (Wildman–Crippen LogP) is 3.71. The van der Waals surface area contributed by atoms with Gasteiger partial charge in [-0.1, -0.05) is 11.6 Å². The van der Waals surface area contributed by atoms with Gasteiger partial charge in [0, 0.05) is 18.1 Å². The summed E-state index contributed by atoms with van der Waals surface area (Å²) in [7, 11) is 0. The maximum Gasteiger partial charge on any atom is 0.416 e. The maximum atomic E-state index is 12.9. The van der Waals surface area contributed by atoms with Crippen LogP contribution in [0.1, 0.15) is 37.3 Å². The minimum atomic E-state index is -4.52. The van der Waals surface area contributed by atoms with Crippen LogP contribution in [0.15, 0.2) is 18.2 Å². The third-order valence-electron chi connectivity index (χ3n) is 4.23. The number of carbonyl (C=O) groups is 2. The molecule has 0 aromatic heterocycles. The Bertz CT molecular complexity index is 656. The molecule has 1 aromatic carbocycles. The van der Waals surface area contributed by atoms with Crippen molar-refractivity contribution >= 4 is 23.5 Å². The van der Waals surface area contributed by atoms with Crippen molar-refractivity contribution < 1.29 is 27.9 Å². The Labute approximate surface area is 142 Å². The first-order valence-corrected chi connectivity index (χ1v) is 7.88. The van der Waals surface area contributed by atoms with E-state index in [1.807, 2.05) is 0 Å². The largest absolute Gasteiger partial charge is 0.481 e. The molecule has 1 aliphatic rings. The molecule has 0 heterocycles. The molecule has 0 radical (unpaired) electrons. The number of carbonyl (C=O) groups excluding carboxylic acids is 1. The lowest BCUT2D eigenvalue weighted by atomic mass is 9.92. The van der Waals surface area contributed by atoms with Gasteiger partial charge in [-0.25, -0.2) is 0 Å². The zero-order valence-corrected chi connectivity index (χ0v) is 13.7. The van der Waals surface area contributed by atoms with E-state index < -0.39 is 23.1 Å². The minimum Gasteiger partial charge on any atom is -0.481 e. The Morgan fingerprint density at radius 2 is 1.96 bits per heavy atom. The van der Waals surface area contributed by atoms with E-state index in [2.05, 4.69) is 0 Å². The molecule has 4 nitrogen and oxygen atoms in total. The smallest absolute Gasteiger partial charge is 0.416 e. The van der Waals surface area contributed by atoms with Crippen LogP contribution in [0.4, 0.5) is 13.2 Å². The average molecular weight is 364 g/mol. The fourth-order valence-corrected chi connectivity index (χ4v) is 3.03. The van der Waals surface area contributed by atoms with Gasteiger partial charge >= 0.3 is 12.1 Å². The zero-order chi connectivity index (χ0) is 18.1. The van der Waals surface area contributed by atoms with Crippen LogP contribution in [-0.4, -0.2) is 35.0 Å². The first-order valence-electron chi connectivity index (χ1n) is 7.50. The van der Waals surface area contributed by atoms with Gasteiger partial charge in [-0.2, -0.15) is 13.2 Å². The number of carboxylic acids is 1. The highest BCUT2D eigenvalue weighted by atomic mass is 35.5. The molecule has 24 heavy (non-hydrogen) atoms. The van der Waals surface area contributed by atoms with Gasteiger partial charge < -0.3 is 10.0 Å². The standard InChI is InChI=1S/C16H17ClF3NO3/c1-2-21(8-5-13(22)23)14(24)15(6-7-15)11-9-10(16(18,19)20)3-4-12(11)17/h3-4,9H,2,5-8H2,1H3,(H,22,23). The summed E-state index contributed by atoms with van der Waals surface area (Å²) in [5.41, 5.74) is -1.76. The first kappa shape index (κ1) is 18.6. The topological polar surface area (TPSA) is 57.6 Å². The molecule has 1 aliphatic carbocycles. The lowest BCUT2D eigenvalue weighted by Gasteiger charge is -2.27. The zero-order valence-electron chi connectivity index (χ0n) is 13.0. The van der Waals surface area contributed by atoms with Crippen LogP contribution in [0, 0.1) is 0 Å². The van der Waals surface area contributed by atoms with Gasteiger partial charge in [0.25, 0.3) is 0 Å². The summed E-state index contributed by atoms with van der Waals surface area (Å²) in [6, 6.07) is 2.97. The fraction of sp³-hybridized carbons (Fsp3) is 0.500. The molecule has 0 aliphatic heterocycles. The van der Waals surface area contributed by atoms with E-state index in [1.54, 1.807) is 6.92 Å². The monoisotopic (exact) mass is 363 g/mol. The lowest BCUT2D eigenvalue weighted by Crippen LogP contribution is -2.40. The second kappa shape index (κ2) is 6.63. The number of hydrogen-bond donors (Lipinski definition) is 1. The molecule has 1 aromatic rings. The van der Waals surface area contributed by atoms with Crippen molar-refractivity contribution in [3.63, 3.8) is 0 Å². The maximum absolute atomic E-state index is 12.9. The number of hydrogen-bond acceptors (Lipinski definition) is 2.